The molecule has 0 saturated heterocycles. The first-order chi connectivity index (χ1) is 3.85. The van der Waals surface area contributed by atoms with Crippen molar-refractivity contribution in [1.29, 1.82) is 0 Å². The molecule has 0 aliphatic carbocycles. The van der Waals surface area contributed by atoms with Gasteiger partial charge in [0.05, 0.1) is 0 Å². The molecule has 0 atom stereocenters. The molecule has 0 spiro atoms. The Balaban J connectivity index is 4.86. The minimum absolute atomic E-state index is 0.830. The Morgan fingerprint density at radius 3 is 1.78 bits per heavy atom. The van der Waals surface area contributed by atoms with Crippen LogP contribution in [0.4, 0.5) is 8.78 Å². The van der Waals surface area contributed by atoms with Crippen LogP contribution >= 0.6 is 22.6 Å². The van der Waals surface area contributed by atoms with Crippen LogP contribution in [0.1, 0.15) is 0 Å². The minimum atomic E-state index is -4.69. The Bertz CT molecular complexity index is 226. The summed E-state index contributed by atoms with van der Waals surface area (Å²) in [7, 11) is -4.69. The summed E-state index contributed by atoms with van der Waals surface area (Å²) in [6.07, 6.45) is -2.40. The lowest BCUT2D eigenvalue weighted by Crippen LogP contribution is -1.95. The predicted molar refractivity (Wildman–Crippen MR) is 34.8 cm³/mol. The van der Waals surface area contributed by atoms with E-state index in [1.54, 1.807) is 0 Å². The molecular weight excluding hydrogens is 269 g/mol. The van der Waals surface area contributed by atoms with E-state index in [0.717, 1.165) is 22.6 Å². The second-order valence-electron chi connectivity index (χ2n) is 1.01. The maximum atomic E-state index is 11.3. The van der Waals surface area contributed by atoms with Crippen LogP contribution < -0.4 is 0 Å². The van der Waals surface area contributed by atoms with Crippen LogP contribution in [0, 0.1) is 0 Å². The number of hydrogen-bond acceptors (Lipinski definition) is 2. The number of hydrogen-bond donors (Lipinski definition) is 1. The van der Waals surface area contributed by atoms with Gasteiger partial charge in [-0.2, -0.15) is 17.2 Å². The standard InChI is InChI=1S/C2HF2IO3S/c3-1(4)2(5)9(6,7)8/h(H,6,7,8). The largest absolute Gasteiger partial charge is 0.305 e. The molecule has 9 heavy (non-hydrogen) atoms. The SMILES string of the molecule is O=S(=O)(O)C(I)=C(F)F. The Kier molecular flexibility index (Phi) is 2.96. The molecule has 0 saturated carbocycles. The van der Waals surface area contributed by atoms with E-state index < -0.39 is 19.1 Å². The third-order valence-electron chi connectivity index (χ3n) is 0.375. The van der Waals surface area contributed by atoms with E-state index in [-0.39, 0.29) is 0 Å². The maximum Gasteiger partial charge on any atom is 0.305 e. The first-order valence-electron chi connectivity index (χ1n) is 1.54. The average Bonchev–Trinajstić information content (AvgIpc) is 1.62. The molecule has 0 unspecified atom stereocenters. The van der Waals surface area contributed by atoms with Crippen LogP contribution in [0.3, 0.4) is 0 Å². The highest BCUT2D eigenvalue weighted by molar-refractivity contribution is 14.1. The van der Waals surface area contributed by atoms with E-state index in [2.05, 4.69) is 0 Å². The molecule has 0 aliphatic rings. The summed E-state index contributed by atoms with van der Waals surface area (Å²) in [4.78, 5) is 0. The summed E-state index contributed by atoms with van der Waals surface area (Å²) in [5.74, 6) is 0. The molecule has 0 aromatic heterocycles. The van der Waals surface area contributed by atoms with Crippen LogP contribution in [0.5, 0.6) is 0 Å². The zero-order valence-corrected chi connectivity index (χ0v) is 6.78. The van der Waals surface area contributed by atoms with E-state index in [1.165, 1.54) is 0 Å². The van der Waals surface area contributed by atoms with Crippen molar-refractivity contribution in [2.24, 2.45) is 0 Å². The lowest BCUT2D eigenvalue weighted by atomic mass is 11.1. The molecule has 0 aliphatic heterocycles. The maximum absolute atomic E-state index is 11.3. The summed E-state index contributed by atoms with van der Waals surface area (Å²) in [5, 5.41) is 0. The topological polar surface area (TPSA) is 54.4 Å². The van der Waals surface area contributed by atoms with E-state index >= 15 is 0 Å². The fraction of sp³-hybridized carbons (Fsp3) is 0. The molecule has 0 bridgehead atoms. The molecule has 0 amide bonds. The van der Waals surface area contributed by atoms with Gasteiger partial charge in [0.1, 0.15) is 0 Å². The lowest BCUT2D eigenvalue weighted by Gasteiger charge is -1.88. The summed E-state index contributed by atoms with van der Waals surface area (Å²) in [5.41, 5.74) is 0. The molecule has 7 heteroatoms. The number of halogens is 3. The van der Waals surface area contributed by atoms with Gasteiger partial charge in [-0.3, -0.25) is 4.55 Å². The molecule has 0 rings (SSSR count). The van der Waals surface area contributed by atoms with Crippen LogP contribution in [0.15, 0.2) is 8.99 Å². The van der Waals surface area contributed by atoms with E-state index in [1.807, 2.05) is 0 Å². The van der Waals surface area contributed by atoms with Gasteiger partial charge in [0.2, 0.25) is 0 Å². The summed E-state index contributed by atoms with van der Waals surface area (Å²) in [6.45, 7) is 0. The van der Waals surface area contributed by atoms with Gasteiger partial charge < -0.3 is 0 Å². The summed E-state index contributed by atoms with van der Waals surface area (Å²) < 4.78 is 48.6. The zero-order chi connectivity index (χ0) is 7.65. The smallest absolute Gasteiger partial charge is 0.281 e. The Hall–Kier alpha value is 0.240. The van der Waals surface area contributed by atoms with Gasteiger partial charge in [-0.05, 0) is 22.6 Å². The van der Waals surface area contributed by atoms with Gasteiger partial charge >= 0.3 is 10.1 Å². The van der Waals surface area contributed by atoms with Crippen molar-refractivity contribution < 1.29 is 21.8 Å². The normalized spacial score (nSPS) is 11.1. The Morgan fingerprint density at radius 2 is 1.78 bits per heavy atom. The molecule has 0 radical (unpaired) electrons. The molecule has 1 N–H and O–H groups in total. The van der Waals surface area contributed by atoms with Crippen molar-refractivity contribution in [2.45, 2.75) is 0 Å². The van der Waals surface area contributed by atoms with Crippen LogP contribution in [0.2, 0.25) is 0 Å². The predicted octanol–water partition coefficient (Wildman–Crippen LogP) is 1.37. The van der Waals surface area contributed by atoms with Crippen molar-refractivity contribution in [3.63, 3.8) is 0 Å². The van der Waals surface area contributed by atoms with E-state index in [4.69, 9.17) is 4.55 Å². The molecule has 0 aromatic rings. The van der Waals surface area contributed by atoms with Crippen LogP contribution in [-0.4, -0.2) is 13.0 Å². The van der Waals surface area contributed by atoms with Gasteiger partial charge in [0.15, 0.2) is 2.91 Å². The first kappa shape index (κ1) is 9.24. The molecular formula is C2HF2IO3S. The van der Waals surface area contributed by atoms with Crippen molar-refractivity contribution in [3.05, 3.63) is 8.99 Å². The van der Waals surface area contributed by atoms with Gasteiger partial charge in [0.25, 0.3) is 6.08 Å². The summed E-state index contributed by atoms with van der Waals surface area (Å²) in [6, 6.07) is 0. The van der Waals surface area contributed by atoms with Crippen molar-refractivity contribution in [1.82, 2.24) is 0 Å². The fourth-order valence-electron chi connectivity index (χ4n) is 0.0975. The highest BCUT2D eigenvalue weighted by Crippen LogP contribution is 2.19. The number of rotatable bonds is 1. The fourth-order valence-corrected chi connectivity index (χ4v) is 0.292. The van der Waals surface area contributed by atoms with Gasteiger partial charge in [0, 0.05) is 0 Å². The molecule has 0 heterocycles. The first-order valence-corrected chi connectivity index (χ1v) is 4.06. The van der Waals surface area contributed by atoms with Crippen molar-refractivity contribution in [2.75, 3.05) is 0 Å². The van der Waals surface area contributed by atoms with Crippen LogP contribution in [-0.2, 0) is 10.1 Å². The molecule has 54 valence electrons. The van der Waals surface area contributed by atoms with Gasteiger partial charge in [-0.15, -0.1) is 0 Å². The van der Waals surface area contributed by atoms with Gasteiger partial charge in [-0.1, -0.05) is 0 Å². The van der Waals surface area contributed by atoms with E-state index in [9.17, 15) is 17.2 Å². The third-order valence-corrected chi connectivity index (χ3v) is 3.06. The second kappa shape index (κ2) is 2.88. The Morgan fingerprint density at radius 1 is 1.44 bits per heavy atom. The molecule has 0 aromatic carbocycles. The molecule has 0 fully saturated rings. The highest BCUT2D eigenvalue weighted by atomic mass is 127. The quantitative estimate of drug-likeness (QED) is 0.578. The minimum Gasteiger partial charge on any atom is -0.281 e. The Labute approximate surface area is 63.6 Å². The average molecular weight is 270 g/mol. The third kappa shape index (κ3) is 3.06. The lowest BCUT2D eigenvalue weighted by molar-refractivity contribution is 0.418. The van der Waals surface area contributed by atoms with Gasteiger partial charge in [-0.25, -0.2) is 0 Å². The second-order valence-corrected chi connectivity index (χ2v) is 4.18. The zero-order valence-electron chi connectivity index (χ0n) is 3.81. The van der Waals surface area contributed by atoms with Crippen molar-refractivity contribution in [3.8, 4) is 0 Å². The highest BCUT2D eigenvalue weighted by Gasteiger charge is 2.16. The van der Waals surface area contributed by atoms with E-state index in [0.29, 0.717) is 0 Å². The summed E-state index contributed by atoms with van der Waals surface area (Å²) >= 11 is 0.830. The van der Waals surface area contributed by atoms with Crippen LogP contribution in [0.25, 0.3) is 0 Å². The van der Waals surface area contributed by atoms with Crippen molar-refractivity contribution >= 4 is 32.7 Å². The monoisotopic (exact) mass is 270 g/mol. The molecule has 3 nitrogen and oxygen atoms in total.